The fraction of sp³-hybridized carbons (Fsp3) is 0.429. The molecular formula is C28H32ClN5O5. The van der Waals surface area contributed by atoms with Crippen molar-refractivity contribution in [2.75, 3.05) is 79.3 Å². The summed E-state index contributed by atoms with van der Waals surface area (Å²) in [5.74, 6) is 8.71. The highest BCUT2D eigenvalue weighted by molar-refractivity contribution is 6.34. The molecule has 0 saturated carbocycles. The van der Waals surface area contributed by atoms with Gasteiger partial charge in [-0.2, -0.15) is 0 Å². The molecule has 2 aromatic carbocycles. The van der Waals surface area contributed by atoms with Crippen molar-refractivity contribution in [1.29, 1.82) is 0 Å². The predicted octanol–water partition coefficient (Wildman–Crippen LogP) is 3.78. The standard InChI is InChI=1S/C28H32ClN5O5/c1-33-8-10-34(11-9-33)7-5-13-37-24-16-22-20(15-23(24)36-3)28(31-17-30-22)32-25-21(29)14-19(6-4-12-35-2)26-27(25)39-18-38-26/h14-17H,5,7-13,18H2,1-3H3,(H,30,31,32). The third-order valence-corrected chi connectivity index (χ3v) is 6.97. The van der Waals surface area contributed by atoms with E-state index < -0.39 is 0 Å². The van der Waals surface area contributed by atoms with E-state index in [0.29, 0.717) is 63.8 Å². The van der Waals surface area contributed by atoms with E-state index >= 15 is 0 Å². The number of likely N-dealkylation sites (N-methyl/N-ethyl adjacent to an activating group) is 1. The van der Waals surface area contributed by atoms with E-state index in [1.807, 2.05) is 12.1 Å². The minimum atomic E-state index is 0.0666. The Morgan fingerprint density at radius 1 is 1.05 bits per heavy atom. The first kappa shape index (κ1) is 27.1. The second-order valence-electron chi connectivity index (χ2n) is 9.29. The molecule has 11 heteroatoms. The molecule has 3 heterocycles. The quantitative estimate of drug-likeness (QED) is 0.312. The highest BCUT2D eigenvalue weighted by Crippen LogP contribution is 2.47. The Balaban J connectivity index is 1.35. The van der Waals surface area contributed by atoms with Gasteiger partial charge in [0.1, 0.15) is 24.4 Å². The summed E-state index contributed by atoms with van der Waals surface area (Å²) in [4.78, 5) is 13.8. The minimum absolute atomic E-state index is 0.0666. The molecule has 0 amide bonds. The largest absolute Gasteiger partial charge is 0.493 e. The second kappa shape index (κ2) is 12.6. The van der Waals surface area contributed by atoms with Gasteiger partial charge in [0.2, 0.25) is 6.79 Å². The molecule has 0 unspecified atom stereocenters. The first-order valence-electron chi connectivity index (χ1n) is 12.8. The highest BCUT2D eigenvalue weighted by atomic mass is 35.5. The van der Waals surface area contributed by atoms with Gasteiger partial charge < -0.3 is 38.8 Å². The van der Waals surface area contributed by atoms with Crippen LogP contribution in [0.2, 0.25) is 5.02 Å². The SMILES string of the molecule is COCC#Cc1cc(Cl)c(Nc2ncnc3cc(OCCCN4CCN(C)CC4)c(OC)cc23)c2c1OCO2. The number of anilines is 2. The molecule has 0 spiro atoms. The van der Waals surface area contributed by atoms with Crippen LogP contribution in [0.1, 0.15) is 12.0 Å². The summed E-state index contributed by atoms with van der Waals surface area (Å²) in [5.41, 5.74) is 1.86. The van der Waals surface area contributed by atoms with Gasteiger partial charge in [-0.05, 0) is 25.6 Å². The zero-order chi connectivity index (χ0) is 27.2. The smallest absolute Gasteiger partial charge is 0.231 e. The number of aromatic nitrogens is 2. The van der Waals surface area contributed by atoms with Gasteiger partial charge in [-0.3, -0.25) is 0 Å². The van der Waals surface area contributed by atoms with Crippen molar-refractivity contribution in [3.05, 3.63) is 35.1 Å². The Bertz CT molecular complexity index is 1380. The third-order valence-electron chi connectivity index (χ3n) is 6.67. The van der Waals surface area contributed by atoms with E-state index in [0.717, 1.165) is 44.5 Å². The molecule has 5 rings (SSSR count). The maximum Gasteiger partial charge on any atom is 0.231 e. The highest BCUT2D eigenvalue weighted by Gasteiger charge is 2.25. The van der Waals surface area contributed by atoms with Crippen molar-refractivity contribution in [2.24, 2.45) is 0 Å². The van der Waals surface area contributed by atoms with Crippen molar-refractivity contribution in [1.82, 2.24) is 19.8 Å². The maximum atomic E-state index is 6.65. The Morgan fingerprint density at radius 2 is 1.87 bits per heavy atom. The number of halogens is 1. The van der Waals surface area contributed by atoms with Crippen LogP contribution in [0.25, 0.3) is 10.9 Å². The number of hydrogen-bond donors (Lipinski definition) is 1. The summed E-state index contributed by atoms with van der Waals surface area (Å²) in [6, 6.07) is 5.47. The molecule has 10 nitrogen and oxygen atoms in total. The summed E-state index contributed by atoms with van der Waals surface area (Å²) in [7, 11) is 5.37. The van der Waals surface area contributed by atoms with Crippen LogP contribution >= 0.6 is 11.6 Å². The molecule has 206 valence electrons. The monoisotopic (exact) mass is 553 g/mol. The Labute approximate surface area is 233 Å². The molecule has 1 aromatic heterocycles. The summed E-state index contributed by atoms with van der Waals surface area (Å²) >= 11 is 6.65. The molecule has 39 heavy (non-hydrogen) atoms. The average molecular weight is 554 g/mol. The van der Waals surface area contributed by atoms with Crippen molar-refractivity contribution >= 4 is 34.0 Å². The first-order valence-corrected chi connectivity index (χ1v) is 13.2. The topological polar surface area (TPSA) is 90.4 Å². The molecule has 2 aliphatic rings. The van der Waals surface area contributed by atoms with E-state index in [4.69, 9.17) is 35.3 Å². The van der Waals surface area contributed by atoms with Crippen molar-refractivity contribution in [3.63, 3.8) is 0 Å². The van der Waals surface area contributed by atoms with Gasteiger partial charge in [0, 0.05) is 51.3 Å². The van der Waals surface area contributed by atoms with E-state index in [9.17, 15) is 0 Å². The van der Waals surface area contributed by atoms with Crippen LogP contribution in [-0.2, 0) is 4.74 Å². The Kier molecular flexibility index (Phi) is 8.74. The number of nitrogens with zero attached hydrogens (tertiary/aromatic N) is 4. The molecule has 1 saturated heterocycles. The molecule has 0 aliphatic carbocycles. The van der Waals surface area contributed by atoms with E-state index in [-0.39, 0.29) is 6.79 Å². The average Bonchev–Trinajstić information content (AvgIpc) is 3.44. The zero-order valence-electron chi connectivity index (χ0n) is 22.4. The molecule has 0 bridgehead atoms. The van der Waals surface area contributed by atoms with Crippen LogP contribution in [0.5, 0.6) is 23.0 Å². The molecular weight excluding hydrogens is 522 g/mol. The number of rotatable bonds is 9. The lowest BCUT2D eigenvalue weighted by molar-refractivity contribution is 0.145. The van der Waals surface area contributed by atoms with Gasteiger partial charge in [0.15, 0.2) is 23.0 Å². The van der Waals surface area contributed by atoms with Gasteiger partial charge in [0.25, 0.3) is 0 Å². The van der Waals surface area contributed by atoms with Crippen molar-refractivity contribution in [2.45, 2.75) is 6.42 Å². The lowest BCUT2D eigenvalue weighted by atomic mass is 10.1. The van der Waals surface area contributed by atoms with Crippen LogP contribution in [0.4, 0.5) is 11.5 Å². The second-order valence-corrected chi connectivity index (χ2v) is 9.70. The Hall–Kier alpha value is -3.49. The fourth-order valence-corrected chi connectivity index (χ4v) is 4.79. The van der Waals surface area contributed by atoms with Crippen LogP contribution in [0.3, 0.4) is 0 Å². The van der Waals surface area contributed by atoms with Crippen LogP contribution < -0.4 is 24.3 Å². The molecule has 2 aliphatic heterocycles. The van der Waals surface area contributed by atoms with Crippen LogP contribution in [0, 0.1) is 11.8 Å². The summed E-state index contributed by atoms with van der Waals surface area (Å²) < 4.78 is 28.2. The molecule has 3 aromatic rings. The first-order chi connectivity index (χ1) is 19.1. The number of nitrogens with one attached hydrogen (secondary N) is 1. The van der Waals surface area contributed by atoms with Crippen molar-refractivity contribution in [3.8, 4) is 34.8 Å². The predicted molar refractivity (Wildman–Crippen MR) is 150 cm³/mol. The van der Waals surface area contributed by atoms with Crippen LogP contribution in [-0.4, -0.2) is 93.8 Å². The number of methoxy groups -OCH3 is 2. The lowest BCUT2D eigenvalue weighted by Gasteiger charge is -2.32. The number of hydrogen-bond acceptors (Lipinski definition) is 10. The van der Waals surface area contributed by atoms with Gasteiger partial charge in [-0.1, -0.05) is 23.4 Å². The zero-order valence-corrected chi connectivity index (χ0v) is 23.1. The Morgan fingerprint density at radius 3 is 2.67 bits per heavy atom. The summed E-state index contributed by atoms with van der Waals surface area (Å²) in [5, 5.41) is 4.47. The maximum absolute atomic E-state index is 6.65. The summed E-state index contributed by atoms with van der Waals surface area (Å²) in [6.45, 7) is 6.36. The van der Waals surface area contributed by atoms with E-state index in [1.165, 1.54) is 6.33 Å². The van der Waals surface area contributed by atoms with Crippen molar-refractivity contribution < 1.29 is 23.7 Å². The van der Waals surface area contributed by atoms with Gasteiger partial charge in [-0.15, -0.1) is 0 Å². The van der Waals surface area contributed by atoms with Gasteiger partial charge in [0.05, 0.1) is 29.8 Å². The minimum Gasteiger partial charge on any atom is -0.493 e. The molecule has 1 fully saturated rings. The lowest BCUT2D eigenvalue weighted by Crippen LogP contribution is -2.44. The van der Waals surface area contributed by atoms with Gasteiger partial charge in [-0.25, -0.2) is 9.97 Å². The van der Waals surface area contributed by atoms with E-state index in [2.05, 4.69) is 44.0 Å². The molecule has 1 N–H and O–H groups in total. The number of ether oxygens (including phenoxy) is 5. The van der Waals surface area contributed by atoms with Crippen LogP contribution in [0.15, 0.2) is 24.5 Å². The third kappa shape index (κ3) is 6.23. The number of fused-ring (bicyclic) bond motifs is 2. The molecule has 0 atom stereocenters. The van der Waals surface area contributed by atoms with Gasteiger partial charge >= 0.3 is 0 Å². The number of benzene rings is 2. The van der Waals surface area contributed by atoms with E-state index in [1.54, 1.807) is 20.3 Å². The normalized spacial score (nSPS) is 15.2. The fourth-order valence-electron chi connectivity index (χ4n) is 4.55. The molecule has 0 radical (unpaired) electrons. The number of piperazine rings is 1. The summed E-state index contributed by atoms with van der Waals surface area (Å²) in [6.07, 6.45) is 2.42.